The van der Waals surface area contributed by atoms with Gasteiger partial charge in [0, 0.05) is 39.5 Å². The van der Waals surface area contributed by atoms with Gasteiger partial charge >= 0.3 is 0 Å². The zero-order valence-corrected chi connectivity index (χ0v) is 19.7. The number of nitrogens with zero attached hydrogens (tertiary/aromatic N) is 3. The standard InChI is InChI=1S/C20H30N4O4S2/c1-14-18(20(25)24-10-7-5-6-8-11-24)29-19(22-14)16-13-17(15(2)23(16)3)30(26,27)21-9-12-28-4/h13,21H,5-12H2,1-4H3. The molecule has 166 valence electrons. The third kappa shape index (κ3) is 4.77. The van der Waals surface area contributed by atoms with E-state index in [1.54, 1.807) is 13.0 Å². The van der Waals surface area contributed by atoms with Gasteiger partial charge in [0.05, 0.1) is 18.0 Å². The van der Waals surface area contributed by atoms with Crippen molar-refractivity contribution in [3.63, 3.8) is 0 Å². The lowest BCUT2D eigenvalue weighted by atomic mass is 10.2. The van der Waals surface area contributed by atoms with Crippen LogP contribution in [0.25, 0.3) is 10.7 Å². The van der Waals surface area contributed by atoms with Crippen LogP contribution in [0.1, 0.15) is 46.7 Å². The molecule has 1 amide bonds. The van der Waals surface area contributed by atoms with E-state index in [-0.39, 0.29) is 17.3 Å². The second-order valence-electron chi connectivity index (χ2n) is 7.57. The number of thiazole rings is 1. The summed E-state index contributed by atoms with van der Waals surface area (Å²) in [6, 6.07) is 1.63. The normalized spacial score (nSPS) is 15.4. The molecule has 30 heavy (non-hydrogen) atoms. The quantitative estimate of drug-likeness (QED) is 0.649. The summed E-state index contributed by atoms with van der Waals surface area (Å²) in [6.07, 6.45) is 4.39. The number of methoxy groups -OCH3 is 1. The van der Waals surface area contributed by atoms with E-state index < -0.39 is 10.0 Å². The highest BCUT2D eigenvalue weighted by Crippen LogP contribution is 2.33. The first kappa shape index (κ1) is 22.9. The molecule has 1 aliphatic heterocycles. The highest BCUT2D eigenvalue weighted by molar-refractivity contribution is 7.89. The van der Waals surface area contributed by atoms with E-state index in [4.69, 9.17) is 4.74 Å². The molecule has 0 bridgehead atoms. The smallest absolute Gasteiger partial charge is 0.265 e. The SMILES string of the molecule is COCCNS(=O)(=O)c1cc(-c2nc(C)c(C(=O)N3CCCCCC3)s2)n(C)c1C. The molecule has 1 N–H and O–H groups in total. The monoisotopic (exact) mass is 454 g/mol. The van der Waals surface area contributed by atoms with Crippen LogP contribution in [0.4, 0.5) is 0 Å². The minimum atomic E-state index is -3.66. The Balaban J connectivity index is 1.90. The molecule has 1 fully saturated rings. The van der Waals surface area contributed by atoms with Gasteiger partial charge in [-0.05, 0) is 32.8 Å². The van der Waals surface area contributed by atoms with Crippen molar-refractivity contribution < 1.29 is 17.9 Å². The number of aromatic nitrogens is 2. The van der Waals surface area contributed by atoms with Gasteiger partial charge in [0.25, 0.3) is 5.91 Å². The molecular formula is C20H30N4O4S2. The Kier molecular flexibility index (Phi) is 7.33. The van der Waals surface area contributed by atoms with Gasteiger partial charge in [0.2, 0.25) is 10.0 Å². The molecule has 3 rings (SSSR count). The molecule has 0 saturated carbocycles. The second kappa shape index (κ2) is 9.59. The maximum absolute atomic E-state index is 13.1. The van der Waals surface area contributed by atoms with Gasteiger partial charge in [-0.3, -0.25) is 4.79 Å². The summed E-state index contributed by atoms with van der Waals surface area (Å²) in [6.45, 7) is 5.66. The number of carbonyl (C=O) groups is 1. The minimum Gasteiger partial charge on any atom is -0.383 e. The van der Waals surface area contributed by atoms with Crippen molar-refractivity contribution in [1.82, 2.24) is 19.2 Å². The molecule has 8 nitrogen and oxygen atoms in total. The lowest BCUT2D eigenvalue weighted by Crippen LogP contribution is -2.31. The largest absolute Gasteiger partial charge is 0.383 e. The third-order valence-electron chi connectivity index (χ3n) is 5.48. The van der Waals surface area contributed by atoms with Crippen molar-refractivity contribution in [2.75, 3.05) is 33.4 Å². The van der Waals surface area contributed by atoms with Gasteiger partial charge in [-0.2, -0.15) is 0 Å². The van der Waals surface area contributed by atoms with E-state index in [1.807, 2.05) is 23.4 Å². The first-order valence-electron chi connectivity index (χ1n) is 10.2. The van der Waals surface area contributed by atoms with Crippen LogP contribution in [0.3, 0.4) is 0 Å². The zero-order valence-electron chi connectivity index (χ0n) is 18.0. The number of rotatable bonds is 7. The fourth-order valence-corrected chi connectivity index (χ4v) is 6.01. The molecule has 0 spiro atoms. The lowest BCUT2D eigenvalue weighted by molar-refractivity contribution is 0.0765. The van der Waals surface area contributed by atoms with Crippen LogP contribution >= 0.6 is 11.3 Å². The first-order valence-corrected chi connectivity index (χ1v) is 12.5. The number of nitrogens with one attached hydrogen (secondary N) is 1. The minimum absolute atomic E-state index is 0.0261. The molecule has 2 aromatic rings. The average Bonchev–Trinajstić information content (AvgIpc) is 3.09. The molecule has 0 aromatic carbocycles. The number of amides is 1. The van der Waals surface area contributed by atoms with Crippen molar-refractivity contribution in [3.05, 3.63) is 22.3 Å². The zero-order chi connectivity index (χ0) is 21.9. The van der Waals surface area contributed by atoms with E-state index in [9.17, 15) is 13.2 Å². The molecule has 0 aliphatic carbocycles. The molecule has 1 saturated heterocycles. The van der Waals surface area contributed by atoms with Gasteiger partial charge in [-0.15, -0.1) is 11.3 Å². The van der Waals surface area contributed by atoms with Gasteiger partial charge in [-0.25, -0.2) is 18.1 Å². The van der Waals surface area contributed by atoms with E-state index in [0.717, 1.165) is 38.8 Å². The van der Waals surface area contributed by atoms with Crippen molar-refractivity contribution >= 4 is 27.3 Å². The summed E-state index contributed by atoms with van der Waals surface area (Å²) in [7, 11) is -0.328. The predicted octanol–water partition coefficient (Wildman–Crippen LogP) is 2.71. The summed E-state index contributed by atoms with van der Waals surface area (Å²) >= 11 is 1.33. The van der Waals surface area contributed by atoms with Crippen LogP contribution in [0.2, 0.25) is 0 Å². The molecule has 0 atom stereocenters. The number of sulfonamides is 1. The summed E-state index contributed by atoms with van der Waals surface area (Å²) in [4.78, 5) is 20.4. The fraction of sp³-hybridized carbons (Fsp3) is 0.600. The van der Waals surface area contributed by atoms with Gasteiger partial charge in [0.15, 0.2) is 0 Å². The Morgan fingerprint density at radius 3 is 2.53 bits per heavy atom. The number of hydrogen-bond donors (Lipinski definition) is 1. The highest BCUT2D eigenvalue weighted by Gasteiger charge is 2.26. The van der Waals surface area contributed by atoms with Crippen LogP contribution in [0.15, 0.2) is 11.0 Å². The van der Waals surface area contributed by atoms with Crippen molar-refractivity contribution in [3.8, 4) is 10.7 Å². The van der Waals surface area contributed by atoms with Crippen LogP contribution in [-0.2, 0) is 21.8 Å². The molecule has 3 heterocycles. The molecule has 1 aliphatic rings. The summed E-state index contributed by atoms with van der Waals surface area (Å²) in [5.74, 6) is 0.0261. The number of hydrogen-bond acceptors (Lipinski definition) is 6. The Hall–Kier alpha value is -1.75. The first-order chi connectivity index (χ1) is 14.3. The molecule has 0 radical (unpaired) electrons. The molecule has 10 heteroatoms. The molecule has 0 unspecified atom stereocenters. The highest BCUT2D eigenvalue weighted by atomic mass is 32.2. The fourth-order valence-electron chi connectivity index (χ4n) is 3.63. The summed E-state index contributed by atoms with van der Waals surface area (Å²) in [5.41, 5.74) is 1.98. The Labute approximate surface area is 182 Å². The topological polar surface area (TPSA) is 93.5 Å². The number of aryl methyl sites for hydroxylation is 1. The average molecular weight is 455 g/mol. The predicted molar refractivity (Wildman–Crippen MR) is 117 cm³/mol. The van der Waals surface area contributed by atoms with E-state index in [0.29, 0.717) is 33.6 Å². The number of likely N-dealkylation sites (tertiary alicyclic amines) is 1. The van der Waals surface area contributed by atoms with E-state index >= 15 is 0 Å². The van der Waals surface area contributed by atoms with Crippen LogP contribution in [-0.4, -0.2) is 62.1 Å². The second-order valence-corrected chi connectivity index (χ2v) is 10.3. The summed E-state index contributed by atoms with van der Waals surface area (Å²) in [5, 5.41) is 0.648. The maximum Gasteiger partial charge on any atom is 0.265 e. The molecular weight excluding hydrogens is 424 g/mol. The Morgan fingerprint density at radius 1 is 1.23 bits per heavy atom. The summed E-state index contributed by atoms with van der Waals surface area (Å²) < 4.78 is 34.7. The maximum atomic E-state index is 13.1. The lowest BCUT2D eigenvalue weighted by Gasteiger charge is -2.19. The Morgan fingerprint density at radius 2 is 1.90 bits per heavy atom. The van der Waals surface area contributed by atoms with Crippen molar-refractivity contribution in [1.29, 1.82) is 0 Å². The Bertz CT molecular complexity index is 1000. The van der Waals surface area contributed by atoms with Crippen LogP contribution < -0.4 is 4.72 Å². The van der Waals surface area contributed by atoms with Gasteiger partial charge < -0.3 is 14.2 Å². The van der Waals surface area contributed by atoms with Crippen molar-refractivity contribution in [2.45, 2.75) is 44.4 Å². The molecule has 2 aromatic heterocycles. The van der Waals surface area contributed by atoms with E-state index in [1.165, 1.54) is 18.4 Å². The number of carbonyl (C=O) groups excluding carboxylic acids is 1. The van der Waals surface area contributed by atoms with Crippen LogP contribution in [0.5, 0.6) is 0 Å². The van der Waals surface area contributed by atoms with E-state index in [2.05, 4.69) is 9.71 Å². The number of ether oxygens (including phenoxy) is 1. The van der Waals surface area contributed by atoms with Gasteiger partial charge in [0.1, 0.15) is 14.8 Å². The van der Waals surface area contributed by atoms with Gasteiger partial charge in [-0.1, -0.05) is 12.8 Å². The third-order valence-corrected chi connectivity index (χ3v) is 8.22. The van der Waals surface area contributed by atoms with Crippen molar-refractivity contribution in [2.24, 2.45) is 7.05 Å². The van der Waals surface area contributed by atoms with Crippen LogP contribution in [0, 0.1) is 13.8 Å².